The van der Waals surface area contributed by atoms with Gasteiger partial charge in [0.05, 0.1) is 15.8 Å². The van der Waals surface area contributed by atoms with Gasteiger partial charge in [-0.1, -0.05) is 40.2 Å². The van der Waals surface area contributed by atoms with Crippen molar-refractivity contribution in [1.82, 2.24) is 4.98 Å². The topological polar surface area (TPSA) is 49.8 Å². The molecule has 0 saturated heterocycles. The first-order valence-electron chi connectivity index (χ1n) is 7.56. The number of aromatic nitrogens is 1. The number of furan rings is 1. The van der Waals surface area contributed by atoms with Crippen molar-refractivity contribution in [2.24, 2.45) is 0 Å². The molecule has 2 aromatic carbocycles. The third-order valence-corrected chi connectivity index (χ3v) is 5.23. The average molecular weight is 407 g/mol. The van der Waals surface area contributed by atoms with Crippen LogP contribution in [0.25, 0.3) is 33.2 Å². The van der Waals surface area contributed by atoms with Crippen molar-refractivity contribution < 1.29 is 4.42 Å². The van der Waals surface area contributed by atoms with Crippen molar-refractivity contribution in [2.75, 3.05) is 0 Å². The fourth-order valence-corrected chi connectivity index (χ4v) is 3.83. The number of nitriles is 1. The summed E-state index contributed by atoms with van der Waals surface area (Å²) in [5, 5.41) is 10.2. The second-order valence-corrected chi connectivity index (χ2v) is 7.32. The van der Waals surface area contributed by atoms with Gasteiger partial charge >= 0.3 is 0 Å². The summed E-state index contributed by atoms with van der Waals surface area (Å²) in [7, 11) is 0. The summed E-state index contributed by atoms with van der Waals surface area (Å²) in [6, 6.07) is 21.8. The first-order chi connectivity index (χ1) is 12.2. The summed E-state index contributed by atoms with van der Waals surface area (Å²) in [4.78, 5) is 4.54. The van der Waals surface area contributed by atoms with E-state index in [1.807, 2.05) is 60.7 Å². The predicted molar refractivity (Wildman–Crippen MR) is 105 cm³/mol. The van der Waals surface area contributed by atoms with E-state index in [0.717, 1.165) is 26.0 Å². The molecule has 4 rings (SSSR count). The van der Waals surface area contributed by atoms with E-state index < -0.39 is 0 Å². The first-order valence-corrected chi connectivity index (χ1v) is 9.17. The van der Waals surface area contributed by atoms with Gasteiger partial charge in [-0.15, -0.1) is 11.3 Å². The number of allylic oxidation sites excluding steroid dienone is 1. The van der Waals surface area contributed by atoms with Crippen molar-refractivity contribution in [3.05, 3.63) is 75.9 Å². The summed E-state index contributed by atoms with van der Waals surface area (Å²) in [6.45, 7) is 0. The number of thiazole rings is 1. The van der Waals surface area contributed by atoms with Crippen molar-refractivity contribution in [3.63, 3.8) is 0 Å². The minimum absolute atomic E-state index is 0.497. The second-order valence-electron chi connectivity index (χ2n) is 5.37. The van der Waals surface area contributed by atoms with E-state index in [9.17, 15) is 5.26 Å². The fraction of sp³-hybridized carbons (Fsp3) is 0. The number of nitrogens with zero attached hydrogens (tertiary/aromatic N) is 2. The van der Waals surface area contributed by atoms with Gasteiger partial charge < -0.3 is 4.42 Å². The van der Waals surface area contributed by atoms with Crippen LogP contribution in [-0.4, -0.2) is 4.98 Å². The standard InChI is InChI=1S/C20H11BrN2OS/c21-15-5-3-4-13(10-15)18-9-8-16(24-18)11-14(12-22)20-23-17-6-1-2-7-19(17)25-20/h1-11H. The molecule has 25 heavy (non-hydrogen) atoms. The maximum absolute atomic E-state index is 9.53. The molecular formula is C20H11BrN2OS. The van der Waals surface area contributed by atoms with Crippen molar-refractivity contribution >= 4 is 49.1 Å². The lowest BCUT2D eigenvalue weighted by molar-refractivity contribution is 0.572. The Labute approximate surface area is 157 Å². The van der Waals surface area contributed by atoms with Gasteiger partial charge in [0.2, 0.25) is 0 Å². The molecule has 0 unspecified atom stereocenters. The van der Waals surface area contributed by atoms with Gasteiger partial charge in [0, 0.05) is 16.1 Å². The highest BCUT2D eigenvalue weighted by Crippen LogP contribution is 2.30. The lowest BCUT2D eigenvalue weighted by Crippen LogP contribution is -1.79. The second kappa shape index (κ2) is 6.67. The van der Waals surface area contributed by atoms with E-state index in [2.05, 4.69) is 27.0 Å². The smallest absolute Gasteiger partial charge is 0.135 e. The Morgan fingerprint density at radius 2 is 2.00 bits per heavy atom. The molecule has 0 aliphatic carbocycles. The Balaban J connectivity index is 1.70. The molecule has 2 heterocycles. The van der Waals surface area contributed by atoms with Crippen LogP contribution in [-0.2, 0) is 0 Å². The van der Waals surface area contributed by atoms with Crippen LogP contribution in [0.3, 0.4) is 0 Å². The van der Waals surface area contributed by atoms with Gasteiger partial charge in [0.1, 0.15) is 22.6 Å². The van der Waals surface area contributed by atoms with Crippen molar-refractivity contribution in [1.29, 1.82) is 5.26 Å². The van der Waals surface area contributed by atoms with Crippen LogP contribution in [0.5, 0.6) is 0 Å². The van der Waals surface area contributed by atoms with Gasteiger partial charge in [0.25, 0.3) is 0 Å². The van der Waals surface area contributed by atoms with Gasteiger partial charge in [0.15, 0.2) is 0 Å². The molecule has 0 aliphatic heterocycles. The van der Waals surface area contributed by atoms with E-state index in [1.165, 1.54) is 11.3 Å². The summed E-state index contributed by atoms with van der Waals surface area (Å²) in [5.74, 6) is 1.39. The number of benzene rings is 2. The molecule has 0 radical (unpaired) electrons. The number of para-hydroxylation sites is 1. The third-order valence-electron chi connectivity index (χ3n) is 3.67. The highest BCUT2D eigenvalue weighted by molar-refractivity contribution is 9.10. The predicted octanol–water partition coefficient (Wildman–Crippen LogP) is 6.38. The van der Waals surface area contributed by atoms with E-state index in [-0.39, 0.29) is 0 Å². The van der Waals surface area contributed by atoms with Crippen LogP contribution in [0.1, 0.15) is 10.8 Å². The molecule has 0 aliphatic rings. The van der Waals surface area contributed by atoms with Crippen molar-refractivity contribution in [2.45, 2.75) is 0 Å². The summed E-state index contributed by atoms with van der Waals surface area (Å²) >= 11 is 4.97. The zero-order valence-corrected chi connectivity index (χ0v) is 15.3. The Morgan fingerprint density at radius 1 is 1.12 bits per heavy atom. The monoisotopic (exact) mass is 406 g/mol. The Morgan fingerprint density at radius 3 is 2.80 bits per heavy atom. The van der Waals surface area contributed by atoms with E-state index in [1.54, 1.807) is 6.08 Å². The van der Waals surface area contributed by atoms with Crippen LogP contribution in [0.4, 0.5) is 0 Å². The maximum atomic E-state index is 9.53. The van der Waals surface area contributed by atoms with Gasteiger partial charge in [-0.25, -0.2) is 4.98 Å². The fourth-order valence-electron chi connectivity index (χ4n) is 2.50. The minimum atomic E-state index is 0.497. The van der Waals surface area contributed by atoms with Crippen molar-refractivity contribution in [3.8, 4) is 17.4 Å². The SMILES string of the molecule is N#CC(=Cc1ccc(-c2cccc(Br)c2)o1)c1nc2ccccc2s1. The van der Waals surface area contributed by atoms with E-state index >= 15 is 0 Å². The third kappa shape index (κ3) is 3.27. The molecule has 5 heteroatoms. The molecule has 3 nitrogen and oxygen atoms in total. The average Bonchev–Trinajstić information content (AvgIpc) is 3.26. The summed E-state index contributed by atoms with van der Waals surface area (Å²) < 4.78 is 7.94. The van der Waals surface area contributed by atoms with Gasteiger partial charge in [-0.05, 0) is 36.4 Å². The van der Waals surface area contributed by atoms with Crippen LogP contribution < -0.4 is 0 Å². The largest absolute Gasteiger partial charge is 0.457 e. The maximum Gasteiger partial charge on any atom is 0.135 e. The lowest BCUT2D eigenvalue weighted by Gasteiger charge is -1.97. The zero-order chi connectivity index (χ0) is 17.2. The number of halogens is 1. The first kappa shape index (κ1) is 15.8. The highest BCUT2D eigenvalue weighted by atomic mass is 79.9. The van der Waals surface area contributed by atoms with E-state index in [4.69, 9.17) is 4.42 Å². The Kier molecular flexibility index (Phi) is 4.22. The molecule has 0 spiro atoms. The molecule has 0 atom stereocenters. The molecule has 0 amide bonds. The highest BCUT2D eigenvalue weighted by Gasteiger charge is 2.10. The van der Waals surface area contributed by atoms with Gasteiger partial charge in [-0.3, -0.25) is 0 Å². The number of fused-ring (bicyclic) bond motifs is 1. The minimum Gasteiger partial charge on any atom is -0.457 e. The van der Waals surface area contributed by atoms with Crippen LogP contribution in [0.2, 0.25) is 0 Å². The molecule has 0 saturated carbocycles. The molecule has 0 N–H and O–H groups in total. The van der Waals surface area contributed by atoms with E-state index in [0.29, 0.717) is 16.3 Å². The molecular weight excluding hydrogens is 396 g/mol. The number of rotatable bonds is 3. The Hall–Kier alpha value is -2.68. The normalized spacial score (nSPS) is 11.6. The molecule has 120 valence electrons. The molecule has 2 aromatic heterocycles. The summed E-state index contributed by atoms with van der Waals surface area (Å²) in [6.07, 6.45) is 1.74. The molecule has 4 aromatic rings. The summed E-state index contributed by atoms with van der Waals surface area (Å²) in [5.41, 5.74) is 2.38. The molecule has 0 bridgehead atoms. The lowest BCUT2D eigenvalue weighted by atomic mass is 10.2. The van der Waals surface area contributed by atoms with Crippen LogP contribution in [0.15, 0.2) is 69.6 Å². The molecule has 0 fully saturated rings. The Bertz CT molecular complexity index is 1100. The van der Waals surface area contributed by atoms with Gasteiger partial charge in [-0.2, -0.15) is 5.26 Å². The number of hydrogen-bond acceptors (Lipinski definition) is 4. The quantitative estimate of drug-likeness (QED) is 0.370. The zero-order valence-electron chi connectivity index (χ0n) is 12.9. The van der Waals surface area contributed by atoms with Crippen LogP contribution in [0, 0.1) is 11.3 Å². The number of hydrogen-bond donors (Lipinski definition) is 0. The van der Waals surface area contributed by atoms with Crippen LogP contribution >= 0.6 is 27.3 Å².